The molecule has 162 valence electrons. The van der Waals surface area contributed by atoms with Gasteiger partial charge in [-0.15, -0.1) is 5.10 Å². The smallest absolute Gasteiger partial charge is 0.412 e. The molecule has 0 aliphatic rings. The SMILES string of the molecule is Cc1c(C(=O)Nc2cc(F)ccc2NC(=O)OC(C)(C)C)nnn1-c1cccc(Cl)c1. The quantitative estimate of drug-likeness (QED) is 0.591. The fourth-order valence-electron chi connectivity index (χ4n) is 2.72. The molecule has 2 amide bonds. The van der Waals surface area contributed by atoms with E-state index in [-0.39, 0.29) is 17.1 Å². The van der Waals surface area contributed by atoms with E-state index >= 15 is 0 Å². The first kappa shape index (κ1) is 22.2. The number of anilines is 2. The fraction of sp³-hybridized carbons (Fsp3) is 0.238. The summed E-state index contributed by atoms with van der Waals surface area (Å²) in [5.41, 5.74) is 0.625. The van der Waals surface area contributed by atoms with Crippen LogP contribution in [0.5, 0.6) is 0 Å². The Bertz CT molecular complexity index is 1140. The highest BCUT2D eigenvalue weighted by Gasteiger charge is 2.21. The van der Waals surface area contributed by atoms with E-state index in [0.717, 1.165) is 12.1 Å². The number of carbonyl (C=O) groups is 2. The van der Waals surface area contributed by atoms with E-state index in [2.05, 4.69) is 20.9 Å². The van der Waals surface area contributed by atoms with Crippen LogP contribution in [0.15, 0.2) is 42.5 Å². The maximum absolute atomic E-state index is 13.8. The van der Waals surface area contributed by atoms with E-state index in [9.17, 15) is 14.0 Å². The minimum Gasteiger partial charge on any atom is -0.444 e. The topological polar surface area (TPSA) is 98.1 Å². The Morgan fingerprint density at radius 1 is 1.10 bits per heavy atom. The number of rotatable bonds is 4. The van der Waals surface area contributed by atoms with Crippen molar-refractivity contribution in [2.75, 3.05) is 10.6 Å². The lowest BCUT2D eigenvalue weighted by Crippen LogP contribution is -2.27. The summed E-state index contributed by atoms with van der Waals surface area (Å²) >= 11 is 6.02. The minimum absolute atomic E-state index is 0.0347. The summed E-state index contributed by atoms with van der Waals surface area (Å²) in [5, 5.41) is 13.5. The van der Waals surface area contributed by atoms with Crippen LogP contribution < -0.4 is 10.6 Å². The van der Waals surface area contributed by atoms with Crippen molar-refractivity contribution < 1.29 is 18.7 Å². The summed E-state index contributed by atoms with van der Waals surface area (Å²) < 4.78 is 20.5. The highest BCUT2D eigenvalue weighted by atomic mass is 35.5. The zero-order chi connectivity index (χ0) is 22.8. The summed E-state index contributed by atoms with van der Waals surface area (Å²) in [4.78, 5) is 24.9. The van der Waals surface area contributed by atoms with Gasteiger partial charge in [-0.3, -0.25) is 10.1 Å². The lowest BCUT2D eigenvalue weighted by molar-refractivity contribution is 0.0635. The standard InChI is InChI=1S/C21H21ClFN5O3/c1-12-18(26-27-28(12)15-7-5-6-13(22)10-15)19(29)24-17-11-14(23)8-9-16(17)25-20(30)31-21(2,3)4/h5-11H,1-4H3,(H,24,29)(H,25,30). The normalized spacial score (nSPS) is 11.2. The van der Waals surface area contributed by atoms with Gasteiger partial charge >= 0.3 is 6.09 Å². The molecule has 0 atom stereocenters. The molecule has 0 radical (unpaired) electrons. The van der Waals surface area contributed by atoms with E-state index in [4.69, 9.17) is 16.3 Å². The molecule has 0 unspecified atom stereocenters. The highest BCUT2D eigenvalue weighted by molar-refractivity contribution is 6.30. The molecule has 3 rings (SSSR count). The first-order chi connectivity index (χ1) is 14.5. The van der Waals surface area contributed by atoms with Crippen molar-refractivity contribution in [1.82, 2.24) is 15.0 Å². The Morgan fingerprint density at radius 2 is 1.84 bits per heavy atom. The number of ether oxygens (including phenoxy) is 1. The summed E-state index contributed by atoms with van der Waals surface area (Å²) in [5.74, 6) is -1.21. The number of carbonyl (C=O) groups excluding carboxylic acids is 2. The van der Waals surface area contributed by atoms with Gasteiger partial charge in [-0.2, -0.15) is 0 Å². The molecule has 0 saturated heterocycles. The van der Waals surface area contributed by atoms with Gasteiger partial charge in [-0.05, 0) is 64.1 Å². The zero-order valence-electron chi connectivity index (χ0n) is 17.4. The third kappa shape index (κ3) is 5.58. The van der Waals surface area contributed by atoms with Gasteiger partial charge < -0.3 is 10.1 Å². The molecule has 31 heavy (non-hydrogen) atoms. The van der Waals surface area contributed by atoms with Gasteiger partial charge in [0.15, 0.2) is 5.69 Å². The number of nitrogens with zero attached hydrogens (tertiary/aromatic N) is 3. The van der Waals surface area contributed by atoms with Crippen molar-refractivity contribution in [3.63, 3.8) is 0 Å². The molecule has 0 saturated carbocycles. The summed E-state index contributed by atoms with van der Waals surface area (Å²) in [6.07, 6.45) is -0.738. The lowest BCUT2D eigenvalue weighted by atomic mass is 10.2. The van der Waals surface area contributed by atoms with Crippen LogP contribution in [0.1, 0.15) is 37.0 Å². The maximum Gasteiger partial charge on any atom is 0.412 e. The summed E-state index contributed by atoms with van der Waals surface area (Å²) in [7, 11) is 0. The van der Waals surface area contributed by atoms with Gasteiger partial charge in [0.25, 0.3) is 5.91 Å². The van der Waals surface area contributed by atoms with Crippen LogP contribution in [0.4, 0.5) is 20.6 Å². The molecule has 2 N–H and O–H groups in total. The molecule has 8 nitrogen and oxygen atoms in total. The van der Waals surface area contributed by atoms with E-state index in [0.29, 0.717) is 16.4 Å². The highest BCUT2D eigenvalue weighted by Crippen LogP contribution is 2.25. The van der Waals surface area contributed by atoms with Crippen LogP contribution in [-0.4, -0.2) is 32.6 Å². The monoisotopic (exact) mass is 445 g/mol. The van der Waals surface area contributed by atoms with Crippen molar-refractivity contribution in [3.8, 4) is 5.69 Å². The molecular weight excluding hydrogens is 425 g/mol. The Hall–Kier alpha value is -3.46. The van der Waals surface area contributed by atoms with Gasteiger partial charge in [-0.25, -0.2) is 13.9 Å². The van der Waals surface area contributed by atoms with Crippen LogP contribution in [0.3, 0.4) is 0 Å². The van der Waals surface area contributed by atoms with Crippen LogP contribution >= 0.6 is 11.6 Å². The van der Waals surface area contributed by atoms with E-state index in [1.165, 1.54) is 10.7 Å². The number of benzene rings is 2. The molecule has 2 aromatic carbocycles. The Kier molecular flexibility index (Phi) is 6.26. The van der Waals surface area contributed by atoms with Crippen molar-refractivity contribution in [3.05, 3.63) is 64.7 Å². The number of aromatic nitrogens is 3. The van der Waals surface area contributed by atoms with Crippen LogP contribution in [0.2, 0.25) is 5.02 Å². The lowest BCUT2D eigenvalue weighted by Gasteiger charge is -2.20. The molecule has 1 heterocycles. The predicted octanol–water partition coefficient (Wildman–Crippen LogP) is 4.97. The first-order valence-electron chi connectivity index (χ1n) is 9.32. The zero-order valence-corrected chi connectivity index (χ0v) is 18.1. The van der Waals surface area contributed by atoms with Gasteiger partial charge in [0.1, 0.15) is 11.4 Å². The maximum atomic E-state index is 13.8. The van der Waals surface area contributed by atoms with Crippen molar-refractivity contribution >= 4 is 35.0 Å². The van der Waals surface area contributed by atoms with Crippen molar-refractivity contribution in [2.24, 2.45) is 0 Å². The number of hydrogen-bond acceptors (Lipinski definition) is 5. The minimum atomic E-state index is -0.738. The van der Waals surface area contributed by atoms with Gasteiger partial charge in [0, 0.05) is 5.02 Å². The average molecular weight is 446 g/mol. The van der Waals surface area contributed by atoms with E-state index in [1.807, 2.05) is 0 Å². The van der Waals surface area contributed by atoms with Gasteiger partial charge in [0.2, 0.25) is 0 Å². The summed E-state index contributed by atoms with van der Waals surface area (Å²) in [6, 6.07) is 10.5. The Morgan fingerprint density at radius 3 is 2.52 bits per heavy atom. The summed E-state index contributed by atoms with van der Waals surface area (Å²) in [6.45, 7) is 6.81. The number of hydrogen-bond donors (Lipinski definition) is 2. The molecule has 3 aromatic rings. The number of nitrogens with one attached hydrogen (secondary N) is 2. The second kappa shape index (κ2) is 8.73. The molecule has 0 bridgehead atoms. The van der Waals surface area contributed by atoms with Crippen molar-refractivity contribution in [2.45, 2.75) is 33.3 Å². The fourth-order valence-corrected chi connectivity index (χ4v) is 2.90. The van der Waals surface area contributed by atoms with Crippen molar-refractivity contribution in [1.29, 1.82) is 0 Å². The Labute approximate surface area is 183 Å². The Balaban J connectivity index is 1.84. The molecule has 1 aromatic heterocycles. The molecule has 10 heteroatoms. The predicted molar refractivity (Wildman–Crippen MR) is 115 cm³/mol. The van der Waals surface area contributed by atoms with Crippen LogP contribution in [0, 0.1) is 12.7 Å². The number of amides is 2. The molecule has 0 aliphatic heterocycles. The van der Waals surface area contributed by atoms with E-state index in [1.54, 1.807) is 52.0 Å². The second-order valence-corrected chi connectivity index (χ2v) is 8.12. The second-order valence-electron chi connectivity index (χ2n) is 7.69. The molecule has 0 fully saturated rings. The third-order valence-electron chi connectivity index (χ3n) is 4.03. The van der Waals surface area contributed by atoms with Gasteiger partial charge in [0.05, 0.1) is 22.8 Å². The molecular formula is C21H21ClFN5O3. The molecule has 0 spiro atoms. The largest absolute Gasteiger partial charge is 0.444 e. The molecule has 0 aliphatic carbocycles. The van der Waals surface area contributed by atoms with Crippen LogP contribution in [-0.2, 0) is 4.74 Å². The van der Waals surface area contributed by atoms with Crippen LogP contribution in [0.25, 0.3) is 5.69 Å². The van der Waals surface area contributed by atoms with E-state index < -0.39 is 23.4 Å². The van der Waals surface area contributed by atoms with Gasteiger partial charge in [-0.1, -0.05) is 22.9 Å². The third-order valence-corrected chi connectivity index (χ3v) is 4.26. The average Bonchev–Trinajstić information content (AvgIpc) is 3.04. The first-order valence-corrected chi connectivity index (χ1v) is 9.70. The number of halogens is 2.